The van der Waals surface area contributed by atoms with Crippen molar-refractivity contribution in [1.82, 2.24) is 10.2 Å². The molecule has 0 unspecified atom stereocenters. The average Bonchev–Trinajstić information content (AvgIpc) is 2.25. The van der Waals surface area contributed by atoms with Crippen molar-refractivity contribution >= 4 is 5.91 Å². The molecular formula is C14H22N2O. The maximum atomic E-state index is 11.7. The molecule has 0 fully saturated rings. The Balaban J connectivity index is 2.66. The van der Waals surface area contributed by atoms with Crippen LogP contribution in [0.5, 0.6) is 0 Å². The summed E-state index contributed by atoms with van der Waals surface area (Å²) in [6.07, 6.45) is 0. The highest BCUT2D eigenvalue weighted by Gasteiger charge is 2.09. The van der Waals surface area contributed by atoms with Crippen LogP contribution in [0.2, 0.25) is 0 Å². The molecule has 0 atom stereocenters. The number of hydrogen-bond donors (Lipinski definition) is 1. The molecule has 0 spiro atoms. The van der Waals surface area contributed by atoms with E-state index in [2.05, 4.69) is 26.1 Å². The van der Waals surface area contributed by atoms with Crippen molar-refractivity contribution < 1.29 is 4.79 Å². The standard InChI is InChI=1S/C14H22N2O/c1-14(2,3)15-10-11-6-8-12(9-7-11)13(17)16(4)5/h6-9,15H,10H2,1-5H3. The van der Waals surface area contributed by atoms with Crippen molar-refractivity contribution in [2.75, 3.05) is 14.1 Å². The summed E-state index contributed by atoms with van der Waals surface area (Å²) in [4.78, 5) is 13.3. The molecule has 1 rings (SSSR count). The van der Waals surface area contributed by atoms with Crippen molar-refractivity contribution in [2.45, 2.75) is 32.9 Å². The normalized spacial score (nSPS) is 11.4. The molecular weight excluding hydrogens is 212 g/mol. The third-order valence-electron chi connectivity index (χ3n) is 2.43. The van der Waals surface area contributed by atoms with Crippen molar-refractivity contribution in [2.24, 2.45) is 0 Å². The SMILES string of the molecule is CN(C)C(=O)c1ccc(CNC(C)(C)C)cc1. The van der Waals surface area contributed by atoms with E-state index in [0.717, 1.165) is 12.1 Å². The first-order valence-electron chi connectivity index (χ1n) is 5.85. The van der Waals surface area contributed by atoms with E-state index in [1.54, 1.807) is 19.0 Å². The summed E-state index contributed by atoms with van der Waals surface area (Å²) in [5.41, 5.74) is 2.03. The lowest BCUT2D eigenvalue weighted by Crippen LogP contribution is -2.35. The van der Waals surface area contributed by atoms with Gasteiger partial charge in [0.1, 0.15) is 0 Å². The average molecular weight is 234 g/mol. The van der Waals surface area contributed by atoms with Gasteiger partial charge < -0.3 is 10.2 Å². The zero-order valence-corrected chi connectivity index (χ0v) is 11.4. The van der Waals surface area contributed by atoms with Gasteiger partial charge in [-0.1, -0.05) is 12.1 Å². The largest absolute Gasteiger partial charge is 0.345 e. The minimum atomic E-state index is 0.0420. The van der Waals surface area contributed by atoms with Crippen LogP contribution in [0.4, 0.5) is 0 Å². The highest BCUT2D eigenvalue weighted by molar-refractivity contribution is 5.93. The summed E-state index contributed by atoms with van der Waals surface area (Å²) in [6, 6.07) is 7.74. The molecule has 1 amide bonds. The highest BCUT2D eigenvalue weighted by Crippen LogP contribution is 2.08. The van der Waals surface area contributed by atoms with Gasteiger partial charge in [-0.25, -0.2) is 0 Å². The zero-order valence-electron chi connectivity index (χ0n) is 11.4. The van der Waals surface area contributed by atoms with E-state index in [0.29, 0.717) is 0 Å². The van der Waals surface area contributed by atoms with E-state index in [1.165, 1.54) is 5.56 Å². The van der Waals surface area contributed by atoms with Gasteiger partial charge in [-0.3, -0.25) is 4.79 Å². The van der Waals surface area contributed by atoms with Crippen LogP contribution >= 0.6 is 0 Å². The fraction of sp³-hybridized carbons (Fsp3) is 0.500. The molecule has 0 aliphatic rings. The fourth-order valence-corrected chi connectivity index (χ4v) is 1.39. The Morgan fingerprint density at radius 3 is 2.12 bits per heavy atom. The van der Waals surface area contributed by atoms with Gasteiger partial charge in [0.15, 0.2) is 0 Å². The molecule has 1 aromatic rings. The van der Waals surface area contributed by atoms with E-state index >= 15 is 0 Å². The van der Waals surface area contributed by atoms with Gasteiger partial charge in [0.05, 0.1) is 0 Å². The first-order chi connectivity index (χ1) is 7.79. The summed E-state index contributed by atoms with van der Waals surface area (Å²) >= 11 is 0. The van der Waals surface area contributed by atoms with Crippen molar-refractivity contribution in [3.8, 4) is 0 Å². The van der Waals surface area contributed by atoms with Gasteiger partial charge in [0.2, 0.25) is 0 Å². The summed E-state index contributed by atoms with van der Waals surface area (Å²) in [6.45, 7) is 7.23. The number of carbonyl (C=O) groups excluding carboxylic acids is 1. The minimum absolute atomic E-state index is 0.0420. The van der Waals surface area contributed by atoms with E-state index in [-0.39, 0.29) is 11.4 Å². The van der Waals surface area contributed by atoms with Crippen molar-refractivity contribution in [1.29, 1.82) is 0 Å². The van der Waals surface area contributed by atoms with Gasteiger partial charge in [0, 0.05) is 31.7 Å². The predicted molar refractivity (Wildman–Crippen MR) is 71.1 cm³/mol. The summed E-state index contributed by atoms with van der Waals surface area (Å²) in [7, 11) is 3.52. The van der Waals surface area contributed by atoms with Crippen LogP contribution in [0.25, 0.3) is 0 Å². The topological polar surface area (TPSA) is 32.3 Å². The molecule has 0 aliphatic heterocycles. The van der Waals surface area contributed by atoms with Crippen molar-refractivity contribution in [3.05, 3.63) is 35.4 Å². The Morgan fingerprint density at radius 2 is 1.71 bits per heavy atom. The maximum Gasteiger partial charge on any atom is 0.253 e. The summed E-state index contributed by atoms with van der Waals surface area (Å²) in [5.74, 6) is 0.0420. The lowest BCUT2D eigenvalue weighted by atomic mass is 10.1. The fourth-order valence-electron chi connectivity index (χ4n) is 1.39. The molecule has 0 heterocycles. The number of amides is 1. The number of benzene rings is 1. The first-order valence-corrected chi connectivity index (χ1v) is 5.85. The molecule has 0 saturated carbocycles. The molecule has 3 heteroatoms. The summed E-state index contributed by atoms with van der Waals surface area (Å²) in [5, 5.41) is 3.41. The van der Waals surface area contributed by atoms with E-state index < -0.39 is 0 Å². The Kier molecular flexibility index (Phi) is 4.29. The maximum absolute atomic E-state index is 11.7. The van der Waals surface area contributed by atoms with Gasteiger partial charge in [0.25, 0.3) is 5.91 Å². The number of hydrogen-bond acceptors (Lipinski definition) is 2. The van der Waals surface area contributed by atoms with Crippen molar-refractivity contribution in [3.63, 3.8) is 0 Å². The smallest absolute Gasteiger partial charge is 0.253 e. The number of nitrogens with one attached hydrogen (secondary N) is 1. The van der Waals surface area contributed by atoms with Crippen LogP contribution in [0.15, 0.2) is 24.3 Å². The Bertz CT molecular complexity index is 374. The molecule has 94 valence electrons. The number of carbonyl (C=O) groups is 1. The molecule has 0 aliphatic carbocycles. The Morgan fingerprint density at radius 1 is 1.18 bits per heavy atom. The molecule has 3 nitrogen and oxygen atoms in total. The lowest BCUT2D eigenvalue weighted by Gasteiger charge is -2.20. The van der Waals surface area contributed by atoms with Crippen LogP contribution in [0.3, 0.4) is 0 Å². The van der Waals surface area contributed by atoms with E-state index in [4.69, 9.17) is 0 Å². The molecule has 1 N–H and O–H groups in total. The number of nitrogens with zero attached hydrogens (tertiary/aromatic N) is 1. The molecule has 0 aromatic heterocycles. The Hall–Kier alpha value is -1.35. The van der Waals surface area contributed by atoms with Crippen LogP contribution in [-0.4, -0.2) is 30.4 Å². The number of rotatable bonds is 3. The highest BCUT2D eigenvalue weighted by atomic mass is 16.2. The zero-order chi connectivity index (χ0) is 13.1. The minimum Gasteiger partial charge on any atom is -0.345 e. The molecule has 0 saturated heterocycles. The Labute approximate surface area is 104 Å². The molecule has 0 radical (unpaired) electrons. The lowest BCUT2D eigenvalue weighted by molar-refractivity contribution is 0.0827. The third kappa shape index (κ3) is 4.57. The summed E-state index contributed by atoms with van der Waals surface area (Å²) < 4.78 is 0. The second-order valence-electron chi connectivity index (χ2n) is 5.50. The van der Waals surface area contributed by atoms with Crippen LogP contribution in [-0.2, 0) is 6.54 Å². The monoisotopic (exact) mass is 234 g/mol. The van der Waals surface area contributed by atoms with Gasteiger partial charge in [-0.05, 0) is 38.5 Å². The van der Waals surface area contributed by atoms with E-state index in [9.17, 15) is 4.79 Å². The van der Waals surface area contributed by atoms with Crippen LogP contribution in [0.1, 0.15) is 36.7 Å². The molecule has 17 heavy (non-hydrogen) atoms. The second kappa shape index (κ2) is 5.32. The predicted octanol–water partition coefficient (Wildman–Crippen LogP) is 2.28. The molecule has 1 aromatic carbocycles. The van der Waals surface area contributed by atoms with E-state index in [1.807, 2.05) is 24.3 Å². The third-order valence-corrected chi connectivity index (χ3v) is 2.43. The van der Waals surface area contributed by atoms with Gasteiger partial charge in [-0.15, -0.1) is 0 Å². The van der Waals surface area contributed by atoms with Gasteiger partial charge in [-0.2, -0.15) is 0 Å². The van der Waals surface area contributed by atoms with Crippen LogP contribution < -0.4 is 5.32 Å². The second-order valence-corrected chi connectivity index (χ2v) is 5.50. The quantitative estimate of drug-likeness (QED) is 0.870. The first kappa shape index (κ1) is 13.7. The van der Waals surface area contributed by atoms with Gasteiger partial charge >= 0.3 is 0 Å². The van der Waals surface area contributed by atoms with Crippen LogP contribution in [0, 0.1) is 0 Å². The molecule has 0 bridgehead atoms.